The van der Waals surface area contributed by atoms with Gasteiger partial charge in [0.15, 0.2) is 0 Å². The number of aryl methyl sites for hydroxylation is 1. The predicted molar refractivity (Wildman–Crippen MR) is 103 cm³/mol. The van der Waals surface area contributed by atoms with Crippen LogP contribution in [0.3, 0.4) is 0 Å². The number of rotatable bonds is 7. The molecule has 0 atom stereocenters. The first-order valence-electron chi connectivity index (χ1n) is 9.30. The Bertz CT molecular complexity index is 697. The Morgan fingerprint density at radius 3 is 2.58 bits per heavy atom. The second-order valence-electron chi connectivity index (χ2n) is 6.65. The highest BCUT2D eigenvalue weighted by atomic mass is 16.5. The van der Waals surface area contributed by atoms with E-state index in [1.807, 2.05) is 47.5 Å². The Kier molecular flexibility index (Phi) is 6.61. The van der Waals surface area contributed by atoms with Gasteiger partial charge in [-0.2, -0.15) is 0 Å². The molecule has 1 saturated heterocycles. The van der Waals surface area contributed by atoms with Gasteiger partial charge in [0.2, 0.25) is 5.91 Å². The largest absolute Gasteiger partial charge is 0.377 e. The van der Waals surface area contributed by atoms with Gasteiger partial charge in [0.25, 0.3) is 0 Å². The van der Waals surface area contributed by atoms with E-state index in [1.54, 1.807) is 0 Å². The number of piperazine rings is 1. The molecule has 2 aromatic rings. The third kappa shape index (κ3) is 5.05. The van der Waals surface area contributed by atoms with Crippen molar-refractivity contribution in [2.45, 2.75) is 26.4 Å². The van der Waals surface area contributed by atoms with Gasteiger partial charge in [0.05, 0.1) is 6.61 Å². The monoisotopic (exact) mass is 353 g/mol. The van der Waals surface area contributed by atoms with E-state index in [1.165, 1.54) is 11.1 Å². The van der Waals surface area contributed by atoms with Gasteiger partial charge >= 0.3 is 0 Å². The summed E-state index contributed by atoms with van der Waals surface area (Å²) in [5.41, 5.74) is 2.35. The summed E-state index contributed by atoms with van der Waals surface area (Å²) >= 11 is 0. The Morgan fingerprint density at radius 2 is 1.85 bits per heavy atom. The molecule has 26 heavy (non-hydrogen) atoms. The Balaban J connectivity index is 1.34. The van der Waals surface area contributed by atoms with Crippen molar-refractivity contribution in [1.29, 1.82) is 0 Å². The van der Waals surface area contributed by atoms with Crippen LogP contribution < -0.4 is 4.90 Å². The maximum Gasteiger partial charge on any atom is 0.222 e. The van der Waals surface area contributed by atoms with Crippen LogP contribution in [0.1, 0.15) is 24.0 Å². The van der Waals surface area contributed by atoms with Crippen LogP contribution in [0.4, 0.5) is 5.82 Å². The normalized spacial score (nSPS) is 14.5. The topological polar surface area (TPSA) is 45.7 Å². The smallest absolute Gasteiger partial charge is 0.222 e. The number of aromatic nitrogens is 1. The van der Waals surface area contributed by atoms with Crippen LogP contribution in [0.25, 0.3) is 0 Å². The molecule has 1 fully saturated rings. The lowest BCUT2D eigenvalue weighted by molar-refractivity contribution is -0.131. The molecule has 0 N–H and O–H groups in total. The number of carbonyl (C=O) groups excluding carboxylic acids is 1. The van der Waals surface area contributed by atoms with Crippen LogP contribution in [0.5, 0.6) is 0 Å². The standard InChI is InChI=1S/C21H27N3O2/c1-18-7-5-11-22-21(18)24-14-12-23(13-15-24)20(25)10-6-16-26-17-19-8-3-2-4-9-19/h2-5,7-9,11H,6,10,12-17H2,1H3. The molecule has 0 unspecified atom stereocenters. The second-order valence-corrected chi connectivity index (χ2v) is 6.65. The van der Waals surface area contributed by atoms with Gasteiger partial charge in [-0.3, -0.25) is 4.79 Å². The fourth-order valence-corrected chi connectivity index (χ4v) is 3.22. The van der Waals surface area contributed by atoms with E-state index >= 15 is 0 Å². The highest BCUT2D eigenvalue weighted by molar-refractivity contribution is 5.76. The lowest BCUT2D eigenvalue weighted by atomic mass is 10.2. The molecule has 5 heteroatoms. The molecule has 0 radical (unpaired) electrons. The minimum absolute atomic E-state index is 0.228. The predicted octanol–water partition coefficient (Wildman–Crippen LogP) is 3.04. The molecule has 0 spiro atoms. The Morgan fingerprint density at radius 1 is 1.08 bits per heavy atom. The lowest BCUT2D eigenvalue weighted by Gasteiger charge is -2.36. The molecule has 0 aliphatic carbocycles. The summed E-state index contributed by atoms with van der Waals surface area (Å²) in [6.07, 6.45) is 3.15. The summed E-state index contributed by atoms with van der Waals surface area (Å²) in [6, 6.07) is 14.1. The van der Waals surface area contributed by atoms with Crippen molar-refractivity contribution in [2.75, 3.05) is 37.7 Å². The summed E-state index contributed by atoms with van der Waals surface area (Å²) in [5.74, 6) is 1.26. The van der Waals surface area contributed by atoms with Gasteiger partial charge in [0.1, 0.15) is 5.82 Å². The van der Waals surface area contributed by atoms with Crippen molar-refractivity contribution in [3.8, 4) is 0 Å². The maximum absolute atomic E-state index is 12.4. The average Bonchev–Trinajstić information content (AvgIpc) is 2.69. The van der Waals surface area contributed by atoms with Gasteiger partial charge in [0, 0.05) is 45.4 Å². The first-order chi connectivity index (χ1) is 12.7. The van der Waals surface area contributed by atoms with Crippen molar-refractivity contribution in [3.05, 3.63) is 59.8 Å². The third-order valence-electron chi connectivity index (χ3n) is 4.70. The van der Waals surface area contributed by atoms with E-state index in [4.69, 9.17) is 4.74 Å². The molecule has 1 aromatic carbocycles. The van der Waals surface area contributed by atoms with E-state index in [0.29, 0.717) is 19.6 Å². The summed E-state index contributed by atoms with van der Waals surface area (Å²) < 4.78 is 5.66. The summed E-state index contributed by atoms with van der Waals surface area (Å²) in [6.45, 7) is 6.52. The van der Waals surface area contributed by atoms with Crippen molar-refractivity contribution < 1.29 is 9.53 Å². The van der Waals surface area contributed by atoms with E-state index in [0.717, 1.165) is 38.4 Å². The second kappa shape index (κ2) is 9.34. The molecular weight excluding hydrogens is 326 g/mol. The minimum atomic E-state index is 0.228. The van der Waals surface area contributed by atoms with Crippen molar-refractivity contribution in [1.82, 2.24) is 9.88 Å². The van der Waals surface area contributed by atoms with E-state index in [9.17, 15) is 4.79 Å². The van der Waals surface area contributed by atoms with Gasteiger partial charge in [-0.25, -0.2) is 4.98 Å². The molecule has 5 nitrogen and oxygen atoms in total. The summed E-state index contributed by atoms with van der Waals surface area (Å²) in [7, 11) is 0. The highest BCUT2D eigenvalue weighted by Gasteiger charge is 2.22. The molecule has 0 saturated carbocycles. The third-order valence-corrected chi connectivity index (χ3v) is 4.70. The molecule has 3 rings (SSSR count). The lowest BCUT2D eigenvalue weighted by Crippen LogP contribution is -2.49. The molecule has 1 aromatic heterocycles. The van der Waals surface area contributed by atoms with Crippen LogP contribution in [0.15, 0.2) is 48.7 Å². The van der Waals surface area contributed by atoms with Crippen molar-refractivity contribution >= 4 is 11.7 Å². The van der Waals surface area contributed by atoms with Crippen LogP contribution in [-0.4, -0.2) is 48.6 Å². The molecule has 138 valence electrons. The molecule has 1 amide bonds. The Labute approximate surface area is 155 Å². The first kappa shape index (κ1) is 18.4. The zero-order valence-electron chi connectivity index (χ0n) is 15.4. The molecular formula is C21H27N3O2. The highest BCUT2D eigenvalue weighted by Crippen LogP contribution is 2.18. The number of hydrogen-bond acceptors (Lipinski definition) is 4. The van der Waals surface area contributed by atoms with Gasteiger partial charge in [-0.1, -0.05) is 36.4 Å². The number of carbonyl (C=O) groups is 1. The number of nitrogens with zero attached hydrogens (tertiary/aromatic N) is 3. The zero-order chi connectivity index (χ0) is 18.2. The number of hydrogen-bond donors (Lipinski definition) is 0. The van der Waals surface area contributed by atoms with Crippen LogP contribution in [0, 0.1) is 6.92 Å². The zero-order valence-corrected chi connectivity index (χ0v) is 15.4. The van der Waals surface area contributed by atoms with Crippen molar-refractivity contribution in [3.63, 3.8) is 0 Å². The maximum atomic E-state index is 12.4. The van der Waals surface area contributed by atoms with Crippen LogP contribution in [-0.2, 0) is 16.1 Å². The number of anilines is 1. The number of ether oxygens (including phenoxy) is 1. The van der Waals surface area contributed by atoms with Gasteiger partial charge in [-0.05, 0) is 30.5 Å². The summed E-state index contributed by atoms with van der Waals surface area (Å²) in [4.78, 5) is 21.1. The fraction of sp³-hybridized carbons (Fsp3) is 0.429. The molecule has 1 aliphatic rings. The van der Waals surface area contributed by atoms with E-state index < -0.39 is 0 Å². The number of amides is 1. The molecule has 0 bridgehead atoms. The minimum Gasteiger partial charge on any atom is -0.377 e. The van der Waals surface area contributed by atoms with E-state index in [2.05, 4.69) is 22.9 Å². The fourth-order valence-electron chi connectivity index (χ4n) is 3.22. The number of benzene rings is 1. The van der Waals surface area contributed by atoms with Crippen LogP contribution >= 0.6 is 0 Å². The average molecular weight is 353 g/mol. The van der Waals surface area contributed by atoms with Crippen molar-refractivity contribution in [2.24, 2.45) is 0 Å². The molecule has 1 aliphatic heterocycles. The summed E-state index contributed by atoms with van der Waals surface area (Å²) in [5, 5.41) is 0. The van der Waals surface area contributed by atoms with Crippen LogP contribution in [0.2, 0.25) is 0 Å². The number of pyridine rings is 1. The quantitative estimate of drug-likeness (QED) is 0.718. The SMILES string of the molecule is Cc1cccnc1N1CCN(C(=O)CCCOCc2ccccc2)CC1. The molecule has 2 heterocycles. The van der Waals surface area contributed by atoms with Gasteiger partial charge < -0.3 is 14.5 Å². The van der Waals surface area contributed by atoms with Gasteiger partial charge in [-0.15, -0.1) is 0 Å². The van der Waals surface area contributed by atoms with E-state index in [-0.39, 0.29) is 5.91 Å². The first-order valence-corrected chi connectivity index (χ1v) is 9.30. The Hall–Kier alpha value is -2.40.